The molecule has 1 aromatic carbocycles. The van der Waals surface area contributed by atoms with Gasteiger partial charge in [0.05, 0.1) is 0 Å². The van der Waals surface area contributed by atoms with E-state index in [-0.39, 0.29) is 0 Å². The van der Waals surface area contributed by atoms with Gasteiger partial charge in [-0.2, -0.15) is 0 Å². The van der Waals surface area contributed by atoms with Crippen molar-refractivity contribution >= 4 is 5.57 Å². The van der Waals surface area contributed by atoms with Crippen LogP contribution in [0, 0.1) is 0 Å². The first-order valence-corrected chi connectivity index (χ1v) is 8.14. The molecule has 0 fully saturated rings. The fourth-order valence-corrected chi connectivity index (χ4v) is 2.34. The molecule has 0 N–H and O–H groups in total. The van der Waals surface area contributed by atoms with Crippen molar-refractivity contribution in [2.24, 2.45) is 0 Å². The van der Waals surface area contributed by atoms with E-state index in [9.17, 15) is 0 Å². The van der Waals surface area contributed by atoms with Crippen molar-refractivity contribution < 1.29 is 0 Å². The summed E-state index contributed by atoms with van der Waals surface area (Å²) in [5.74, 6) is 0. The Labute approximate surface area is 125 Å². The SMILES string of the molecule is C=C(C)c1ccc(CCN(CCCC)CCCC)cc1. The lowest BCUT2D eigenvalue weighted by molar-refractivity contribution is 0.268. The zero-order chi connectivity index (χ0) is 14.8. The summed E-state index contributed by atoms with van der Waals surface area (Å²) in [6.45, 7) is 14.3. The molecular weight excluding hydrogens is 242 g/mol. The Morgan fingerprint density at radius 2 is 1.50 bits per heavy atom. The topological polar surface area (TPSA) is 3.24 Å². The molecule has 0 heterocycles. The average Bonchev–Trinajstić information content (AvgIpc) is 2.47. The summed E-state index contributed by atoms with van der Waals surface area (Å²) in [5, 5.41) is 0. The van der Waals surface area contributed by atoms with Gasteiger partial charge in [-0.05, 0) is 50.4 Å². The number of nitrogens with zero attached hydrogens (tertiary/aromatic N) is 1. The number of unbranched alkanes of at least 4 members (excludes halogenated alkanes) is 2. The summed E-state index contributed by atoms with van der Waals surface area (Å²) in [5.41, 5.74) is 3.83. The summed E-state index contributed by atoms with van der Waals surface area (Å²) in [4.78, 5) is 2.62. The molecule has 20 heavy (non-hydrogen) atoms. The Morgan fingerprint density at radius 1 is 0.950 bits per heavy atom. The summed E-state index contributed by atoms with van der Waals surface area (Å²) in [7, 11) is 0. The minimum atomic E-state index is 1.14. The second-order valence-corrected chi connectivity index (χ2v) is 5.78. The molecule has 0 aromatic heterocycles. The molecule has 0 saturated heterocycles. The Hall–Kier alpha value is -1.08. The third-order valence-corrected chi connectivity index (χ3v) is 3.82. The van der Waals surface area contributed by atoms with Crippen LogP contribution in [0.5, 0.6) is 0 Å². The standard InChI is InChI=1S/C19H31N/c1-5-7-14-20(15-8-6-2)16-13-18-9-11-19(12-10-18)17(3)4/h9-12H,3,5-8,13-16H2,1-2,4H3. The van der Waals surface area contributed by atoms with Crippen LogP contribution in [-0.2, 0) is 6.42 Å². The third-order valence-electron chi connectivity index (χ3n) is 3.82. The first-order chi connectivity index (χ1) is 9.67. The summed E-state index contributed by atoms with van der Waals surface area (Å²) in [6.07, 6.45) is 6.37. The highest BCUT2D eigenvalue weighted by Crippen LogP contribution is 2.13. The van der Waals surface area contributed by atoms with Crippen molar-refractivity contribution in [2.45, 2.75) is 52.9 Å². The quantitative estimate of drug-likeness (QED) is 0.569. The van der Waals surface area contributed by atoms with Crippen LogP contribution in [-0.4, -0.2) is 24.5 Å². The highest BCUT2D eigenvalue weighted by Gasteiger charge is 2.04. The lowest BCUT2D eigenvalue weighted by Crippen LogP contribution is -2.28. The Kier molecular flexibility index (Phi) is 8.29. The Bertz CT molecular complexity index is 369. The summed E-state index contributed by atoms with van der Waals surface area (Å²) in [6, 6.07) is 8.89. The molecule has 1 rings (SSSR count). The van der Waals surface area contributed by atoms with Crippen LogP contribution >= 0.6 is 0 Å². The first kappa shape index (κ1) is 17.0. The first-order valence-electron chi connectivity index (χ1n) is 8.14. The predicted octanol–water partition coefficient (Wildman–Crippen LogP) is 5.16. The summed E-state index contributed by atoms with van der Waals surface area (Å²) < 4.78 is 0. The van der Waals surface area contributed by atoms with E-state index in [1.165, 1.54) is 56.4 Å². The number of hydrogen-bond acceptors (Lipinski definition) is 1. The van der Waals surface area contributed by atoms with Gasteiger partial charge in [-0.15, -0.1) is 0 Å². The van der Waals surface area contributed by atoms with E-state index in [1.807, 2.05) is 0 Å². The predicted molar refractivity (Wildman–Crippen MR) is 91.1 cm³/mol. The van der Waals surface area contributed by atoms with Gasteiger partial charge in [-0.1, -0.05) is 63.1 Å². The molecular formula is C19H31N. The van der Waals surface area contributed by atoms with Crippen LogP contribution < -0.4 is 0 Å². The molecule has 1 heteroatoms. The van der Waals surface area contributed by atoms with Gasteiger partial charge in [0.1, 0.15) is 0 Å². The molecule has 0 atom stereocenters. The van der Waals surface area contributed by atoms with Crippen LogP contribution in [0.1, 0.15) is 57.6 Å². The monoisotopic (exact) mass is 273 g/mol. The van der Waals surface area contributed by atoms with Gasteiger partial charge in [0.2, 0.25) is 0 Å². The minimum absolute atomic E-state index is 1.14. The zero-order valence-corrected chi connectivity index (χ0v) is 13.6. The number of benzene rings is 1. The maximum Gasteiger partial charge on any atom is 0.00218 e. The van der Waals surface area contributed by atoms with E-state index in [0.717, 1.165) is 12.0 Å². The number of allylic oxidation sites excluding steroid dienone is 1. The van der Waals surface area contributed by atoms with E-state index in [0.29, 0.717) is 0 Å². The van der Waals surface area contributed by atoms with Crippen molar-refractivity contribution in [1.29, 1.82) is 0 Å². The van der Waals surface area contributed by atoms with Gasteiger partial charge in [0.25, 0.3) is 0 Å². The molecule has 0 saturated carbocycles. The van der Waals surface area contributed by atoms with E-state index < -0.39 is 0 Å². The van der Waals surface area contributed by atoms with Crippen molar-refractivity contribution in [2.75, 3.05) is 19.6 Å². The van der Waals surface area contributed by atoms with Crippen LogP contribution in [0.3, 0.4) is 0 Å². The van der Waals surface area contributed by atoms with Gasteiger partial charge in [0.15, 0.2) is 0 Å². The maximum atomic E-state index is 3.99. The molecule has 1 nitrogen and oxygen atoms in total. The van der Waals surface area contributed by atoms with Crippen LogP contribution in [0.15, 0.2) is 30.8 Å². The molecule has 0 aliphatic heterocycles. The van der Waals surface area contributed by atoms with E-state index in [2.05, 4.69) is 56.5 Å². The normalized spacial score (nSPS) is 11.0. The van der Waals surface area contributed by atoms with Gasteiger partial charge in [-0.25, -0.2) is 0 Å². The maximum absolute atomic E-state index is 3.99. The second kappa shape index (κ2) is 9.77. The lowest BCUT2D eigenvalue weighted by atomic mass is 10.0. The molecule has 0 aliphatic carbocycles. The van der Waals surface area contributed by atoms with E-state index in [1.54, 1.807) is 0 Å². The Morgan fingerprint density at radius 3 is 1.95 bits per heavy atom. The van der Waals surface area contributed by atoms with Gasteiger partial charge < -0.3 is 4.90 Å². The molecule has 0 unspecified atom stereocenters. The van der Waals surface area contributed by atoms with E-state index in [4.69, 9.17) is 0 Å². The third kappa shape index (κ3) is 6.38. The Balaban J connectivity index is 2.46. The summed E-state index contributed by atoms with van der Waals surface area (Å²) >= 11 is 0. The average molecular weight is 273 g/mol. The molecule has 0 amide bonds. The molecule has 0 aliphatic rings. The zero-order valence-electron chi connectivity index (χ0n) is 13.6. The van der Waals surface area contributed by atoms with Crippen molar-refractivity contribution in [1.82, 2.24) is 4.90 Å². The van der Waals surface area contributed by atoms with Crippen LogP contribution in [0.4, 0.5) is 0 Å². The molecule has 0 spiro atoms. The van der Waals surface area contributed by atoms with Crippen LogP contribution in [0.2, 0.25) is 0 Å². The number of hydrogen-bond donors (Lipinski definition) is 0. The second-order valence-electron chi connectivity index (χ2n) is 5.78. The lowest BCUT2D eigenvalue weighted by Gasteiger charge is -2.22. The highest BCUT2D eigenvalue weighted by atomic mass is 15.1. The fourth-order valence-electron chi connectivity index (χ4n) is 2.34. The smallest absolute Gasteiger partial charge is 0.00218 e. The molecule has 0 radical (unpaired) electrons. The van der Waals surface area contributed by atoms with E-state index >= 15 is 0 Å². The number of rotatable bonds is 10. The van der Waals surface area contributed by atoms with Crippen LogP contribution in [0.25, 0.3) is 5.57 Å². The van der Waals surface area contributed by atoms with Gasteiger partial charge in [-0.3, -0.25) is 0 Å². The molecule has 0 bridgehead atoms. The molecule has 112 valence electrons. The van der Waals surface area contributed by atoms with Crippen molar-refractivity contribution in [3.63, 3.8) is 0 Å². The highest BCUT2D eigenvalue weighted by molar-refractivity contribution is 5.61. The molecule has 1 aromatic rings. The minimum Gasteiger partial charge on any atom is -0.303 e. The van der Waals surface area contributed by atoms with Crippen molar-refractivity contribution in [3.05, 3.63) is 42.0 Å². The van der Waals surface area contributed by atoms with Crippen molar-refractivity contribution in [3.8, 4) is 0 Å². The fraction of sp³-hybridized carbons (Fsp3) is 0.579. The van der Waals surface area contributed by atoms with Gasteiger partial charge in [0, 0.05) is 6.54 Å². The largest absolute Gasteiger partial charge is 0.303 e. The van der Waals surface area contributed by atoms with Gasteiger partial charge >= 0.3 is 0 Å².